The number of hydrogen-bond donors (Lipinski definition) is 1. The lowest BCUT2D eigenvalue weighted by Crippen LogP contribution is -2.01. The standard InChI is InChI=1S/C15H15N3O2/c1-11-7-9-13(10-8-11)12(2)16-17-14-5-3-4-6-15(14)18(19)20/h3-10,17H,1-2H3. The van der Waals surface area contributed by atoms with E-state index >= 15 is 0 Å². The highest BCUT2D eigenvalue weighted by atomic mass is 16.6. The minimum atomic E-state index is -0.431. The lowest BCUT2D eigenvalue weighted by Gasteiger charge is -2.04. The van der Waals surface area contributed by atoms with Crippen molar-refractivity contribution in [3.8, 4) is 0 Å². The molecule has 0 aromatic heterocycles. The maximum absolute atomic E-state index is 10.9. The van der Waals surface area contributed by atoms with Gasteiger partial charge >= 0.3 is 0 Å². The van der Waals surface area contributed by atoms with E-state index in [9.17, 15) is 10.1 Å². The van der Waals surface area contributed by atoms with Crippen molar-refractivity contribution in [2.45, 2.75) is 13.8 Å². The Labute approximate surface area is 117 Å². The Morgan fingerprint density at radius 3 is 2.45 bits per heavy atom. The van der Waals surface area contributed by atoms with E-state index < -0.39 is 4.92 Å². The topological polar surface area (TPSA) is 67.5 Å². The first-order chi connectivity index (χ1) is 9.58. The Balaban J connectivity index is 2.21. The van der Waals surface area contributed by atoms with Crippen LogP contribution in [0, 0.1) is 17.0 Å². The van der Waals surface area contributed by atoms with Gasteiger partial charge in [-0.3, -0.25) is 15.5 Å². The van der Waals surface area contributed by atoms with E-state index in [1.165, 1.54) is 11.6 Å². The summed E-state index contributed by atoms with van der Waals surface area (Å²) in [6.07, 6.45) is 0. The molecule has 0 atom stereocenters. The average molecular weight is 269 g/mol. The summed E-state index contributed by atoms with van der Waals surface area (Å²) < 4.78 is 0. The summed E-state index contributed by atoms with van der Waals surface area (Å²) in [7, 11) is 0. The third-order valence-corrected chi connectivity index (χ3v) is 2.91. The fraction of sp³-hybridized carbons (Fsp3) is 0.133. The van der Waals surface area contributed by atoms with Crippen molar-refractivity contribution in [1.29, 1.82) is 0 Å². The van der Waals surface area contributed by atoms with Crippen LogP contribution in [0.3, 0.4) is 0 Å². The Bertz CT molecular complexity index is 648. The normalized spacial score (nSPS) is 11.2. The summed E-state index contributed by atoms with van der Waals surface area (Å²) in [5.41, 5.74) is 6.05. The summed E-state index contributed by atoms with van der Waals surface area (Å²) in [5.74, 6) is 0. The molecule has 0 spiro atoms. The highest BCUT2D eigenvalue weighted by molar-refractivity contribution is 5.99. The van der Waals surface area contributed by atoms with E-state index in [1.54, 1.807) is 18.2 Å². The fourth-order valence-corrected chi connectivity index (χ4v) is 1.73. The number of nitrogens with zero attached hydrogens (tertiary/aromatic N) is 2. The lowest BCUT2D eigenvalue weighted by molar-refractivity contribution is -0.384. The molecule has 0 amide bonds. The first kappa shape index (κ1) is 13.7. The first-order valence-corrected chi connectivity index (χ1v) is 6.18. The number of nitro benzene ring substituents is 1. The van der Waals surface area contributed by atoms with Crippen molar-refractivity contribution in [2.24, 2.45) is 5.10 Å². The van der Waals surface area contributed by atoms with Gasteiger partial charge in [0.25, 0.3) is 5.69 Å². The number of para-hydroxylation sites is 2. The summed E-state index contributed by atoms with van der Waals surface area (Å²) >= 11 is 0. The van der Waals surface area contributed by atoms with Crippen LogP contribution in [0.15, 0.2) is 53.6 Å². The predicted octanol–water partition coefficient (Wildman–Crippen LogP) is 3.74. The molecular formula is C15H15N3O2. The number of rotatable bonds is 4. The summed E-state index contributed by atoms with van der Waals surface area (Å²) in [4.78, 5) is 10.5. The zero-order valence-electron chi connectivity index (χ0n) is 11.3. The monoisotopic (exact) mass is 269 g/mol. The maximum atomic E-state index is 10.9. The molecule has 20 heavy (non-hydrogen) atoms. The van der Waals surface area contributed by atoms with Crippen LogP contribution in [-0.2, 0) is 0 Å². The van der Waals surface area contributed by atoms with Crippen molar-refractivity contribution < 1.29 is 4.92 Å². The Kier molecular flexibility index (Phi) is 4.10. The molecule has 2 rings (SSSR count). The zero-order valence-corrected chi connectivity index (χ0v) is 11.3. The van der Waals surface area contributed by atoms with Crippen molar-refractivity contribution in [3.63, 3.8) is 0 Å². The van der Waals surface area contributed by atoms with Gasteiger partial charge < -0.3 is 0 Å². The van der Waals surface area contributed by atoms with Gasteiger partial charge in [-0.05, 0) is 25.5 Å². The molecular weight excluding hydrogens is 254 g/mol. The van der Waals surface area contributed by atoms with E-state index in [1.807, 2.05) is 38.1 Å². The largest absolute Gasteiger partial charge is 0.294 e. The van der Waals surface area contributed by atoms with Gasteiger partial charge in [0.05, 0.1) is 10.6 Å². The second kappa shape index (κ2) is 5.97. The molecule has 1 N–H and O–H groups in total. The predicted molar refractivity (Wildman–Crippen MR) is 80.1 cm³/mol. The molecule has 0 aliphatic rings. The molecule has 0 saturated carbocycles. The molecule has 0 saturated heterocycles. The van der Waals surface area contributed by atoms with Crippen LogP contribution in [-0.4, -0.2) is 10.6 Å². The van der Waals surface area contributed by atoms with Crippen LogP contribution in [0.25, 0.3) is 0 Å². The number of hydrazone groups is 1. The minimum Gasteiger partial charge on any atom is -0.271 e. The van der Waals surface area contributed by atoms with Crippen LogP contribution in [0.5, 0.6) is 0 Å². The Morgan fingerprint density at radius 2 is 1.80 bits per heavy atom. The van der Waals surface area contributed by atoms with E-state index in [0.717, 1.165) is 11.3 Å². The van der Waals surface area contributed by atoms with Gasteiger partial charge in [0, 0.05) is 6.07 Å². The second-order valence-electron chi connectivity index (χ2n) is 4.45. The Morgan fingerprint density at radius 1 is 1.15 bits per heavy atom. The van der Waals surface area contributed by atoms with Gasteiger partial charge in [-0.15, -0.1) is 0 Å². The average Bonchev–Trinajstić information content (AvgIpc) is 2.45. The quantitative estimate of drug-likeness (QED) is 0.522. The molecule has 5 nitrogen and oxygen atoms in total. The van der Waals surface area contributed by atoms with Crippen LogP contribution < -0.4 is 5.43 Å². The molecule has 5 heteroatoms. The van der Waals surface area contributed by atoms with Crippen molar-refractivity contribution in [3.05, 3.63) is 69.8 Å². The second-order valence-corrected chi connectivity index (χ2v) is 4.45. The van der Waals surface area contributed by atoms with Gasteiger partial charge in [-0.1, -0.05) is 42.0 Å². The third-order valence-electron chi connectivity index (χ3n) is 2.91. The van der Waals surface area contributed by atoms with E-state index in [0.29, 0.717) is 5.69 Å². The zero-order chi connectivity index (χ0) is 14.5. The summed E-state index contributed by atoms with van der Waals surface area (Å²) in [5, 5.41) is 15.1. The van der Waals surface area contributed by atoms with Crippen molar-refractivity contribution >= 4 is 17.1 Å². The fourth-order valence-electron chi connectivity index (χ4n) is 1.73. The molecule has 0 fully saturated rings. The van der Waals surface area contributed by atoms with Gasteiger partial charge in [-0.25, -0.2) is 0 Å². The van der Waals surface area contributed by atoms with Crippen molar-refractivity contribution in [1.82, 2.24) is 0 Å². The van der Waals surface area contributed by atoms with Gasteiger partial charge in [0.1, 0.15) is 5.69 Å². The number of anilines is 1. The van der Waals surface area contributed by atoms with Crippen molar-refractivity contribution in [2.75, 3.05) is 5.43 Å². The molecule has 2 aromatic rings. The summed E-state index contributed by atoms with van der Waals surface area (Å²) in [6, 6.07) is 14.4. The van der Waals surface area contributed by atoms with Gasteiger partial charge in [0.15, 0.2) is 0 Å². The minimum absolute atomic E-state index is 0.00737. The van der Waals surface area contributed by atoms with Crippen LogP contribution in [0.4, 0.5) is 11.4 Å². The Hall–Kier alpha value is -2.69. The van der Waals surface area contributed by atoms with E-state index in [-0.39, 0.29) is 5.69 Å². The number of nitro groups is 1. The molecule has 0 unspecified atom stereocenters. The highest BCUT2D eigenvalue weighted by Gasteiger charge is 2.11. The third kappa shape index (κ3) is 3.20. The molecule has 0 heterocycles. The van der Waals surface area contributed by atoms with E-state index in [2.05, 4.69) is 10.5 Å². The molecule has 0 aliphatic heterocycles. The lowest BCUT2D eigenvalue weighted by atomic mass is 10.1. The number of aryl methyl sites for hydroxylation is 1. The molecule has 2 aromatic carbocycles. The SMILES string of the molecule is CC(=NNc1ccccc1[N+](=O)[O-])c1ccc(C)cc1. The molecule has 0 aliphatic carbocycles. The molecule has 102 valence electrons. The maximum Gasteiger partial charge on any atom is 0.294 e. The van der Waals surface area contributed by atoms with Crippen LogP contribution >= 0.6 is 0 Å². The molecule has 0 radical (unpaired) electrons. The number of hydrogen-bond acceptors (Lipinski definition) is 4. The highest BCUT2D eigenvalue weighted by Crippen LogP contribution is 2.23. The van der Waals surface area contributed by atoms with E-state index in [4.69, 9.17) is 0 Å². The summed E-state index contributed by atoms with van der Waals surface area (Å²) in [6.45, 7) is 3.87. The van der Waals surface area contributed by atoms with Gasteiger partial charge in [0.2, 0.25) is 0 Å². The van der Waals surface area contributed by atoms with Crippen LogP contribution in [0.2, 0.25) is 0 Å². The smallest absolute Gasteiger partial charge is 0.271 e. The van der Waals surface area contributed by atoms with Crippen LogP contribution in [0.1, 0.15) is 18.1 Å². The number of nitrogens with one attached hydrogen (secondary N) is 1. The van der Waals surface area contributed by atoms with Gasteiger partial charge in [-0.2, -0.15) is 5.10 Å². The number of benzene rings is 2. The molecule has 0 bridgehead atoms. The first-order valence-electron chi connectivity index (χ1n) is 6.18.